The maximum Gasteiger partial charge on any atom is 0.0836 e. The topological polar surface area (TPSA) is 65.2 Å². The van der Waals surface area contributed by atoms with Gasteiger partial charge in [-0.3, -0.25) is 0 Å². The molecule has 7 atom stereocenters. The maximum atomic E-state index is 9.92. The van der Waals surface area contributed by atoms with Gasteiger partial charge >= 0.3 is 0 Å². The molecule has 172 valence electrons. The van der Waals surface area contributed by atoms with Gasteiger partial charge in [0.25, 0.3) is 0 Å². The molecule has 0 radical (unpaired) electrons. The quantitative estimate of drug-likeness (QED) is 0.283. The molecule has 0 aromatic carbocycles. The number of fused-ring (bicyclic) bond motifs is 5. The number of oxime groups is 2. The van der Waals surface area contributed by atoms with Crippen molar-refractivity contribution in [3.05, 3.63) is 23.3 Å². The van der Waals surface area contributed by atoms with Crippen molar-refractivity contribution >= 4 is 11.4 Å². The fraction of sp³-hybridized carbons (Fsp3) is 0.778. The van der Waals surface area contributed by atoms with Crippen molar-refractivity contribution in [3.8, 4) is 0 Å². The normalized spacial score (nSPS) is 43.1. The molecular weight excluding hydrogens is 384 g/mol. The molecule has 3 fully saturated rings. The number of rotatable bonds is 4. The molecule has 0 saturated heterocycles. The number of hydrogen-bond donors (Lipinski definition) is 2. The Labute approximate surface area is 188 Å². The van der Waals surface area contributed by atoms with E-state index in [1.807, 2.05) is 6.08 Å². The molecule has 31 heavy (non-hydrogen) atoms. The monoisotopic (exact) mass is 426 g/mol. The average Bonchev–Trinajstić information content (AvgIpc) is 3.09. The van der Waals surface area contributed by atoms with Crippen molar-refractivity contribution in [1.82, 2.24) is 0 Å². The molecule has 0 bridgehead atoms. The van der Waals surface area contributed by atoms with Gasteiger partial charge in [-0.05, 0) is 124 Å². The third-order valence-electron chi connectivity index (χ3n) is 10.0. The van der Waals surface area contributed by atoms with Crippen LogP contribution in [-0.4, -0.2) is 21.8 Å². The second-order valence-corrected chi connectivity index (χ2v) is 11.8. The van der Waals surface area contributed by atoms with E-state index in [4.69, 9.17) is 0 Å². The van der Waals surface area contributed by atoms with Gasteiger partial charge in [0.2, 0.25) is 0 Å². The van der Waals surface area contributed by atoms with Gasteiger partial charge in [-0.25, -0.2) is 0 Å². The van der Waals surface area contributed by atoms with Gasteiger partial charge in [0.05, 0.1) is 11.4 Å². The Morgan fingerprint density at radius 2 is 1.90 bits per heavy atom. The molecule has 0 spiro atoms. The maximum absolute atomic E-state index is 9.92. The molecule has 0 aromatic rings. The minimum atomic E-state index is 0.0349. The van der Waals surface area contributed by atoms with E-state index < -0.39 is 0 Å². The van der Waals surface area contributed by atoms with Crippen LogP contribution in [0.5, 0.6) is 0 Å². The summed E-state index contributed by atoms with van der Waals surface area (Å²) in [5.74, 6) is 3.55. The van der Waals surface area contributed by atoms with Gasteiger partial charge in [0.15, 0.2) is 0 Å². The zero-order valence-electron chi connectivity index (χ0n) is 20.2. The largest absolute Gasteiger partial charge is 0.411 e. The summed E-state index contributed by atoms with van der Waals surface area (Å²) in [6.45, 7) is 11.9. The van der Waals surface area contributed by atoms with Crippen LogP contribution in [0.4, 0.5) is 0 Å². The molecule has 0 aromatic heterocycles. The van der Waals surface area contributed by atoms with Crippen molar-refractivity contribution in [3.63, 3.8) is 0 Å². The van der Waals surface area contributed by atoms with Gasteiger partial charge in [-0.15, -0.1) is 0 Å². The summed E-state index contributed by atoms with van der Waals surface area (Å²) in [4.78, 5) is 0. The summed E-state index contributed by atoms with van der Waals surface area (Å²) < 4.78 is 0. The first-order chi connectivity index (χ1) is 14.7. The third-order valence-corrected chi connectivity index (χ3v) is 10.0. The zero-order chi connectivity index (χ0) is 22.4. The van der Waals surface area contributed by atoms with Crippen LogP contribution in [0.25, 0.3) is 0 Å². The van der Waals surface area contributed by atoms with Gasteiger partial charge in [0, 0.05) is 0 Å². The van der Waals surface area contributed by atoms with E-state index >= 15 is 0 Å². The van der Waals surface area contributed by atoms with E-state index in [-0.39, 0.29) is 5.41 Å². The van der Waals surface area contributed by atoms with Gasteiger partial charge in [0.1, 0.15) is 0 Å². The Morgan fingerprint density at radius 1 is 1.13 bits per heavy atom. The average molecular weight is 427 g/mol. The van der Waals surface area contributed by atoms with Crippen molar-refractivity contribution in [2.45, 2.75) is 92.4 Å². The molecule has 2 N–H and O–H groups in total. The van der Waals surface area contributed by atoms with E-state index in [1.54, 1.807) is 0 Å². The van der Waals surface area contributed by atoms with Crippen molar-refractivity contribution in [1.29, 1.82) is 0 Å². The summed E-state index contributed by atoms with van der Waals surface area (Å²) in [6, 6.07) is 0. The van der Waals surface area contributed by atoms with Crippen LogP contribution in [0, 0.1) is 40.4 Å². The predicted octanol–water partition coefficient (Wildman–Crippen LogP) is 7.22. The van der Waals surface area contributed by atoms with Crippen LogP contribution in [-0.2, 0) is 0 Å². The summed E-state index contributed by atoms with van der Waals surface area (Å²) in [5.41, 5.74) is 4.57. The van der Waals surface area contributed by atoms with Crippen LogP contribution in [0.3, 0.4) is 0 Å². The highest BCUT2D eigenvalue weighted by molar-refractivity contribution is 6.09. The standard InChI is InChI=1S/C27H42N2O2/c1-17(2)7-6-8-18(3)21-9-10-22-20-16-25(29-31)24-15-19(28-30)11-13-27(24,5)23(20)12-14-26(21,22)4/h7,15,18,20-23,30-31H,6,8-14,16H2,1-5H3/b28-19+,29-25+/t18-,20?,21?,22?,23?,26?,27?/m1/s1. The van der Waals surface area contributed by atoms with Crippen LogP contribution in [0.15, 0.2) is 33.6 Å². The molecule has 3 saturated carbocycles. The third kappa shape index (κ3) is 3.68. The highest BCUT2D eigenvalue weighted by Crippen LogP contribution is 2.67. The lowest BCUT2D eigenvalue weighted by Gasteiger charge is -2.58. The lowest BCUT2D eigenvalue weighted by Crippen LogP contribution is -2.53. The molecule has 6 unspecified atom stereocenters. The van der Waals surface area contributed by atoms with Crippen LogP contribution >= 0.6 is 0 Å². The summed E-state index contributed by atoms with van der Waals surface area (Å²) >= 11 is 0. The van der Waals surface area contributed by atoms with Crippen LogP contribution in [0.2, 0.25) is 0 Å². The first kappa shape index (κ1) is 22.6. The molecular formula is C27H42N2O2. The fourth-order valence-corrected chi connectivity index (χ4v) is 8.41. The van der Waals surface area contributed by atoms with E-state index in [9.17, 15) is 10.4 Å². The minimum Gasteiger partial charge on any atom is -0.411 e. The Hall–Kier alpha value is -1.58. The highest BCUT2D eigenvalue weighted by atomic mass is 16.4. The molecule has 0 heterocycles. The number of allylic oxidation sites excluding steroid dienone is 4. The molecule has 4 aliphatic carbocycles. The molecule has 0 aliphatic heterocycles. The van der Waals surface area contributed by atoms with E-state index in [2.05, 4.69) is 51.0 Å². The van der Waals surface area contributed by atoms with E-state index in [0.717, 1.165) is 54.0 Å². The van der Waals surface area contributed by atoms with Gasteiger partial charge in [-0.1, -0.05) is 42.7 Å². The first-order valence-corrected chi connectivity index (χ1v) is 12.5. The first-order valence-electron chi connectivity index (χ1n) is 12.5. The van der Waals surface area contributed by atoms with Crippen LogP contribution < -0.4 is 0 Å². The minimum absolute atomic E-state index is 0.0349. The van der Waals surface area contributed by atoms with Crippen LogP contribution in [0.1, 0.15) is 92.4 Å². The second kappa shape index (κ2) is 8.41. The summed E-state index contributed by atoms with van der Waals surface area (Å²) in [7, 11) is 0. The predicted molar refractivity (Wildman–Crippen MR) is 127 cm³/mol. The SMILES string of the molecule is CC(C)=CCC[C@@H](C)C1CCC2C3C/C(=N\O)C4=C/C(=N/O)CCC4(C)C3CCC21C. The molecule has 0 amide bonds. The Bertz CT molecular complexity index is 821. The van der Waals surface area contributed by atoms with Crippen molar-refractivity contribution in [2.75, 3.05) is 0 Å². The molecule has 4 aliphatic rings. The highest BCUT2D eigenvalue weighted by Gasteiger charge is 2.60. The van der Waals surface area contributed by atoms with E-state index in [0.29, 0.717) is 17.3 Å². The molecule has 4 rings (SSSR count). The number of hydrogen-bond acceptors (Lipinski definition) is 4. The summed E-state index contributed by atoms with van der Waals surface area (Å²) in [6.07, 6.45) is 14.9. The smallest absolute Gasteiger partial charge is 0.0836 e. The van der Waals surface area contributed by atoms with Crippen molar-refractivity contribution in [2.24, 2.45) is 50.7 Å². The molecule has 4 heteroatoms. The van der Waals surface area contributed by atoms with E-state index in [1.165, 1.54) is 44.1 Å². The Morgan fingerprint density at radius 3 is 2.58 bits per heavy atom. The lowest BCUT2D eigenvalue weighted by molar-refractivity contribution is -0.0424. The lowest BCUT2D eigenvalue weighted by atomic mass is 9.46. The van der Waals surface area contributed by atoms with Gasteiger partial charge < -0.3 is 10.4 Å². The summed E-state index contributed by atoms with van der Waals surface area (Å²) in [5, 5.41) is 26.5. The second-order valence-electron chi connectivity index (χ2n) is 11.8. The Kier molecular flexibility index (Phi) is 6.13. The Balaban J connectivity index is 1.59. The zero-order valence-corrected chi connectivity index (χ0v) is 20.2. The fourth-order valence-electron chi connectivity index (χ4n) is 8.41. The number of nitrogens with zero attached hydrogens (tertiary/aromatic N) is 2. The molecule has 4 nitrogen and oxygen atoms in total. The van der Waals surface area contributed by atoms with Gasteiger partial charge in [-0.2, -0.15) is 0 Å². The van der Waals surface area contributed by atoms with Crippen molar-refractivity contribution < 1.29 is 10.4 Å².